The summed E-state index contributed by atoms with van der Waals surface area (Å²) in [7, 11) is -0.399. The number of phenolic OH excluding ortho intramolecular Hbond substituents is 1. The molecule has 694 valence electrons. The third-order valence-corrected chi connectivity index (χ3v) is 21.0. The van der Waals surface area contributed by atoms with Crippen molar-refractivity contribution in [3.63, 3.8) is 0 Å². The van der Waals surface area contributed by atoms with E-state index in [1.165, 1.54) is 24.0 Å². The number of ether oxygens (including phenoxy) is 9. The molecule has 0 bridgehead atoms. The number of carbonyl (C=O) groups excluding carboxylic acids is 9. The fourth-order valence-corrected chi connectivity index (χ4v) is 13.9. The fraction of sp³-hybridized carbons (Fsp3) is 0.406. The molecule has 0 aliphatic heterocycles. The molecule has 4 amide bonds. The van der Waals surface area contributed by atoms with Gasteiger partial charge in [0.05, 0.1) is 104 Å². The number of aromatic hydroxyl groups is 1. The number of Topliss-reactive ketones (excluding diaryl/α,β-unsaturated/α-hetero) is 2. The van der Waals surface area contributed by atoms with Crippen molar-refractivity contribution in [3.05, 3.63) is 221 Å². The fourth-order valence-electron chi connectivity index (χ4n) is 13.0. The van der Waals surface area contributed by atoms with Crippen LogP contribution in [0.15, 0.2) is 192 Å². The third-order valence-electron chi connectivity index (χ3n) is 19.3. The number of sulfone groups is 1. The molecule has 9 aromatic rings. The first kappa shape index (κ1) is 115. The molecule has 0 aliphatic carbocycles. The van der Waals surface area contributed by atoms with Crippen molar-refractivity contribution in [1.29, 1.82) is 0 Å². The van der Waals surface area contributed by atoms with Crippen LogP contribution in [0.5, 0.6) is 11.5 Å². The summed E-state index contributed by atoms with van der Waals surface area (Å²) >= 11 is 0. The van der Waals surface area contributed by atoms with Crippen molar-refractivity contribution < 1.29 is 249 Å². The van der Waals surface area contributed by atoms with Crippen molar-refractivity contribution >= 4 is 97.0 Å². The van der Waals surface area contributed by atoms with Crippen LogP contribution in [0, 0.1) is 20.8 Å². The van der Waals surface area contributed by atoms with Crippen LogP contribution in [0.3, 0.4) is 0 Å². The van der Waals surface area contributed by atoms with Gasteiger partial charge in [-0.3, -0.25) is 43.4 Å². The molecule has 2 aromatic heterocycles. The predicted octanol–water partition coefficient (Wildman–Crippen LogP) is 9.11. The first-order chi connectivity index (χ1) is 61.7. The Hall–Kier alpha value is -8.65. The van der Waals surface area contributed by atoms with E-state index in [1.54, 1.807) is 97.3 Å². The number of aryl methyl sites for hydroxylation is 3. The summed E-state index contributed by atoms with van der Waals surface area (Å²) in [6, 6.07) is 52.4. The molecule has 0 fully saturated rings. The van der Waals surface area contributed by atoms with Gasteiger partial charge >= 0.3 is 162 Å². The van der Waals surface area contributed by atoms with Crippen LogP contribution in [0.2, 0.25) is 0 Å². The van der Waals surface area contributed by atoms with E-state index in [0.29, 0.717) is 101 Å². The quantitative estimate of drug-likeness (QED) is 0.00368. The summed E-state index contributed by atoms with van der Waals surface area (Å²) in [5, 5.41) is 31.0. The van der Waals surface area contributed by atoms with E-state index in [0.717, 1.165) is 71.6 Å². The Labute approximate surface area is 885 Å². The number of ketones is 2. The average Bonchev–Trinajstić information content (AvgIpc) is 0.787. The number of benzene rings is 7. The topological polar surface area (TPSA) is 428 Å². The van der Waals surface area contributed by atoms with Crippen LogP contribution < -0.4 is 168 Å². The van der Waals surface area contributed by atoms with Crippen molar-refractivity contribution in [2.75, 3.05) is 122 Å². The van der Waals surface area contributed by atoms with Gasteiger partial charge in [-0.25, -0.2) is 28.0 Å². The maximum Gasteiger partial charge on any atom is 1.00 e. The Balaban J connectivity index is 0.000000585. The third kappa shape index (κ3) is 42.6. The molecule has 0 saturated carbocycles. The minimum Gasteiger partial charge on any atom is -1.00 e. The van der Waals surface area contributed by atoms with E-state index in [-0.39, 0.29) is 245 Å². The van der Waals surface area contributed by atoms with Crippen molar-refractivity contribution in [2.45, 2.75) is 149 Å². The van der Waals surface area contributed by atoms with E-state index in [2.05, 4.69) is 35.5 Å². The summed E-state index contributed by atoms with van der Waals surface area (Å²) in [6.07, 6.45) is 2.83. The summed E-state index contributed by atoms with van der Waals surface area (Å²) in [4.78, 5) is 129. The molecule has 3 N–H and O–H groups in total. The number of nitrogens with zero attached hydrogens (tertiary/aromatic N) is 7. The summed E-state index contributed by atoms with van der Waals surface area (Å²) in [6.45, 7) is 21.7. The predicted molar refractivity (Wildman–Crippen MR) is 488 cm³/mol. The van der Waals surface area contributed by atoms with Crippen molar-refractivity contribution in [3.8, 4) is 33.8 Å². The van der Waals surface area contributed by atoms with Crippen LogP contribution in [0.25, 0.3) is 54.2 Å². The molecule has 32 nitrogen and oxygen atoms in total. The van der Waals surface area contributed by atoms with Crippen molar-refractivity contribution in [2.24, 2.45) is 5.11 Å². The maximum atomic E-state index is 13.4. The Morgan fingerprint density at radius 2 is 0.939 bits per heavy atom. The smallest absolute Gasteiger partial charge is 1.00 e. The van der Waals surface area contributed by atoms with Crippen LogP contribution in [0.1, 0.15) is 141 Å². The van der Waals surface area contributed by atoms with E-state index in [4.69, 9.17) is 58.2 Å². The molecule has 2 heterocycles. The van der Waals surface area contributed by atoms with E-state index >= 15 is 0 Å². The molecule has 35 heteroatoms. The molecule has 7 aromatic carbocycles. The number of rotatable bonds is 45. The maximum absolute atomic E-state index is 13.4. The molecule has 0 aliphatic rings. The monoisotopic (exact) mass is 2060 g/mol. The van der Waals surface area contributed by atoms with Gasteiger partial charge in [0, 0.05) is 85.2 Å². The Morgan fingerprint density at radius 1 is 0.534 bits per heavy atom. The summed E-state index contributed by atoms with van der Waals surface area (Å²) in [5.41, 5.74) is 14.9. The molecule has 0 spiro atoms. The molecule has 0 radical (unpaired) electrons. The zero-order chi connectivity index (χ0) is 94.3. The Kier molecular flexibility index (Phi) is 53.6. The van der Waals surface area contributed by atoms with E-state index in [1.807, 2.05) is 154 Å². The Bertz CT molecular complexity index is 5330. The van der Waals surface area contributed by atoms with E-state index in [9.17, 15) is 51.9 Å². The molecule has 0 unspecified atom stereocenters. The number of phenols is 1. The molecule has 9 rings (SSSR count). The van der Waals surface area contributed by atoms with Crippen LogP contribution >= 0.6 is 0 Å². The summed E-state index contributed by atoms with van der Waals surface area (Å²) < 4.78 is 71.8. The zero-order valence-electron chi connectivity index (χ0n) is 78.3. The number of hydrogen-bond donors (Lipinski definition) is 3. The normalized spacial score (nSPS) is 11.3. The van der Waals surface area contributed by atoms with Gasteiger partial charge in [-0.15, -0.1) is 0 Å². The number of anilines is 2. The van der Waals surface area contributed by atoms with Crippen LogP contribution in [-0.4, -0.2) is 201 Å². The summed E-state index contributed by atoms with van der Waals surface area (Å²) in [5.74, 6) is -1.14. The van der Waals surface area contributed by atoms with Gasteiger partial charge in [-0.05, 0) is 184 Å². The SMILES string of the molecule is CCS(=O)(=O)c1ccc(C)cc1.COC(=O)C[C@H](CC(=O)CNC(=O)CCCN(C(=O)OC(C)(C)C)c1cc(C)ccn1)c1cccc(-c2cccc3c(O)cccc23)c1.COC(=O)C[C@H](CC(=O)CNC(=O)CCCN(C(=O)OC(C)(C)C)c1cc(C)ccn1)c1cccc(-c2cccc3c(OCCOCCOCCOCCOCCN=[N+]=[N-])cccc23)c1.O=CO[O-].[Cs+].[Cs+].[H-]. The number of amides is 4. The number of nitrogens with one attached hydrogen (secondary N) is 2. The standard InChI is InChI=1S/C48H62N6O11.C38H43N3O7.C9H12O2S.CH2O3.2Cs.H/c1-35-17-18-50-44(30-35)54(47(58)65-48(2,3)4)20-9-16-45(56)51-34-39(55)32-38(33-46(57)59-5)36-10-6-11-37(31-36)40-12-7-14-42-41(40)13-8-15-43(42)64-29-28-63-27-26-62-25-24-61-23-22-60-21-19-52-53-49;1-25-17-18-39-34(20-25)41(37(46)48-38(2,3)4)19-9-16-35(44)40-24-29(42)22-28(23-36(45)47-5)26-10-6-11-27(21-26)30-12-7-14-32-31(30)13-8-15-33(32)43;1-3-12(10,11)9-6-4-8(2)5-7-9;2-1-4-3;;;/h6-8,10-15,17-18,30-31,38H,9,16,19-29,32-34H2,1-5H3,(H,51,56);6-8,10-15,17-18,20-21,28,43H,9,16,19,22-24H2,1-5H3,(H,40,44);4-7H,3H2,1-2H3;1,3H;;;/q;;;;2*+1;-1/p-1/t38-;28-;;;;;/m00...../s1. The zero-order valence-corrected chi connectivity index (χ0v) is 90.7. The molecular weight excluding hydrogens is 1940 g/mol. The number of esters is 2. The number of azide groups is 1. The van der Waals surface area contributed by atoms with Gasteiger partial charge in [0.25, 0.3) is 6.47 Å². The van der Waals surface area contributed by atoms with Gasteiger partial charge < -0.3 is 69.9 Å². The first-order valence-corrected chi connectivity index (χ1v) is 43.8. The number of pyridine rings is 2. The van der Waals surface area contributed by atoms with Gasteiger partial charge in [0.2, 0.25) is 11.8 Å². The minimum absolute atomic E-state index is 0. The van der Waals surface area contributed by atoms with Gasteiger partial charge in [-0.2, -0.15) is 0 Å². The molecule has 131 heavy (non-hydrogen) atoms. The van der Waals surface area contributed by atoms with E-state index < -0.39 is 57.0 Å². The Morgan fingerprint density at radius 3 is 1.36 bits per heavy atom. The second-order valence-corrected chi connectivity index (χ2v) is 33.9. The largest absolute Gasteiger partial charge is 1.00 e. The van der Waals surface area contributed by atoms with Crippen LogP contribution in [-0.2, 0) is 86.2 Å². The number of aromatic nitrogens is 2. The minimum atomic E-state index is -3.01. The van der Waals surface area contributed by atoms with Gasteiger partial charge in [0.15, 0.2) is 21.4 Å². The molecular formula is C96H119Cs2N9O23S. The average molecular weight is 2060 g/mol. The number of fused-ring (bicyclic) bond motifs is 2. The van der Waals surface area contributed by atoms with Crippen LogP contribution in [0.4, 0.5) is 21.2 Å². The van der Waals surface area contributed by atoms with Gasteiger partial charge in [0.1, 0.15) is 40.9 Å². The molecule has 2 atom stereocenters. The first-order valence-electron chi connectivity index (χ1n) is 42.2. The number of hydrogen-bond acceptors (Lipinski definition) is 26. The molecule has 0 saturated heterocycles. The van der Waals surface area contributed by atoms with Gasteiger partial charge in [-0.1, -0.05) is 139 Å². The second kappa shape index (κ2) is 61.3. The van der Waals surface area contributed by atoms with Crippen molar-refractivity contribution in [1.82, 2.24) is 20.6 Å². The second-order valence-electron chi connectivity index (χ2n) is 31.6. The number of carbonyl (C=O) groups is 9. The number of methoxy groups -OCH3 is 2.